The van der Waals surface area contributed by atoms with Gasteiger partial charge in [-0.15, -0.1) is 0 Å². The molecule has 176 valence electrons. The number of carboxylic acid groups (broad SMARTS) is 1. The van der Waals surface area contributed by atoms with E-state index in [9.17, 15) is 18.7 Å². The number of H-pyrrole nitrogens is 1. The molecule has 33 heavy (non-hydrogen) atoms. The number of aromatic amines is 1. The van der Waals surface area contributed by atoms with E-state index in [-0.39, 0.29) is 24.2 Å². The van der Waals surface area contributed by atoms with Crippen molar-refractivity contribution in [1.82, 2.24) is 15.2 Å². The number of aryl methyl sites for hydroxylation is 1. The van der Waals surface area contributed by atoms with E-state index in [2.05, 4.69) is 15.2 Å². The molecular formula is C25H29F2N3O3. The number of carbonyl (C=O) groups is 1. The van der Waals surface area contributed by atoms with Crippen LogP contribution in [-0.2, 0) is 6.54 Å². The fourth-order valence-corrected chi connectivity index (χ4v) is 4.82. The zero-order valence-electron chi connectivity index (χ0n) is 18.8. The molecule has 0 bridgehead atoms. The fourth-order valence-electron chi connectivity index (χ4n) is 4.82. The highest BCUT2D eigenvalue weighted by molar-refractivity contribution is 5.88. The number of hydrogen-bond donors (Lipinski definition) is 3. The second kappa shape index (κ2) is 9.89. The molecule has 1 fully saturated rings. The molecule has 0 spiro atoms. The Morgan fingerprint density at radius 2 is 2.06 bits per heavy atom. The lowest BCUT2D eigenvalue weighted by Crippen LogP contribution is -2.45. The van der Waals surface area contributed by atoms with Crippen molar-refractivity contribution >= 4 is 16.9 Å². The van der Waals surface area contributed by atoms with E-state index in [1.807, 2.05) is 37.4 Å². The van der Waals surface area contributed by atoms with Crippen molar-refractivity contribution in [3.63, 3.8) is 0 Å². The van der Waals surface area contributed by atoms with Crippen LogP contribution < -0.4 is 10.1 Å². The molecule has 4 rings (SSSR count). The van der Waals surface area contributed by atoms with E-state index in [0.717, 1.165) is 46.3 Å². The summed E-state index contributed by atoms with van der Waals surface area (Å²) >= 11 is 0. The molecule has 6 nitrogen and oxygen atoms in total. The monoisotopic (exact) mass is 457 g/mol. The Bertz CT molecular complexity index is 1110. The van der Waals surface area contributed by atoms with Gasteiger partial charge in [0.1, 0.15) is 5.75 Å². The Morgan fingerprint density at radius 1 is 1.30 bits per heavy atom. The van der Waals surface area contributed by atoms with Gasteiger partial charge in [-0.1, -0.05) is 12.1 Å². The highest BCUT2D eigenvalue weighted by Gasteiger charge is 2.31. The van der Waals surface area contributed by atoms with Gasteiger partial charge in [0.2, 0.25) is 0 Å². The molecule has 2 unspecified atom stereocenters. The molecule has 0 radical (unpaired) electrons. The van der Waals surface area contributed by atoms with Crippen LogP contribution >= 0.6 is 0 Å². The lowest BCUT2D eigenvalue weighted by molar-refractivity contribution is 0.0696. The van der Waals surface area contributed by atoms with Crippen LogP contribution in [0.4, 0.5) is 8.78 Å². The maximum Gasteiger partial charge on any atom is 0.335 e. The number of ether oxygens (including phenoxy) is 1. The summed E-state index contributed by atoms with van der Waals surface area (Å²) in [6.07, 6.45) is 0.934. The van der Waals surface area contributed by atoms with Crippen molar-refractivity contribution in [2.75, 3.05) is 20.2 Å². The van der Waals surface area contributed by atoms with E-state index in [0.29, 0.717) is 13.0 Å². The summed E-state index contributed by atoms with van der Waals surface area (Å²) in [4.78, 5) is 16.9. The molecule has 0 aliphatic carbocycles. The number of alkyl halides is 2. The number of benzene rings is 2. The van der Waals surface area contributed by atoms with Crippen LogP contribution in [0, 0.1) is 6.92 Å². The van der Waals surface area contributed by atoms with Crippen molar-refractivity contribution < 1.29 is 23.4 Å². The molecule has 2 aromatic carbocycles. The summed E-state index contributed by atoms with van der Waals surface area (Å²) in [6.45, 7) is 3.06. The molecule has 1 saturated heterocycles. The number of halogens is 2. The molecular weight excluding hydrogens is 428 g/mol. The van der Waals surface area contributed by atoms with Crippen LogP contribution in [0.1, 0.15) is 45.9 Å². The van der Waals surface area contributed by atoms with Crippen molar-refractivity contribution in [2.24, 2.45) is 0 Å². The molecule has 2 heterocycles. The first-order valence-corrected chi connectivity index (χ1v) is 11.1. The largest absolute Gasteiger partial charge is 0.496 e. The number of hydrogen-bond acceptors (Lipinski definition) is 4. The smallest absolute Gasteiger partial charge is 0.335 e. The summed E-state index contributed by atoms with van der Waals surface area (Å²) in [5, 5.41) is 13.3. The Kier molecular flexibility index (Phi) is 6.95. The number of methoxy groups -OCH3 is 1. The molecule has 1 aromatic heterocycles. The van der Waals surface area contributed by atoms with Crippen LogP contribution in [0.3, 0.4) is 0 Å². The minimum Gasteiger partial charge on any atom is -0.496 e. The third-order valence-electron chi connectivity index (χ3n) is 6.51. The number of aromatic nitrogens is 1. The number of fused-ring (bicyclic) bond motifs is 1. The zero-order chi connectivity index (χ0) is 23.5. The number of piperidine rings is 1. The Morgan fingerprint density at radius 3 is 2.73 bits per heavy atom. The molecule has 1 aliphatic rings. The predicted molar refractivity (Wildman–Crippen MR) is 123 cm³/mol. The quantitative estimate of drug-likeness (QED) is 0.455. The summed E-state index contributed by atoms with van der Waals surface area (Å²) < 4.78 is 31.3. The van der Waals surface area contributed by atoms with Crippen LogP contribution in [0.5, 0.6) is 5.75 Å². The topological polar surface area (TPSA) is 77.6 Å². The van der Waals surface area contributed by atoms with Gasteiger partial charge < -0.3 is 20.1 Å². The van der Waals surface area contributed by atoms with E-state index < -0.39 is 12.4 Å². The molecule has 8 heteroatoms. The lowest BCUT2D eigenvalue weighted by Gasteiger charge is -2.40. The molecule has 0 amide bonds. The zero-order valence-corrected chi connectivity index (χ0v) is 18.8. The third-order valence-corrected chi connectivity index (χ3v) is 6.51. The summed E-state index contributed by atoms with van der Waals surface area (Å²) in [6, 6.07) is 10.9. The normalized spacial score (nSPS) is 19.3. The average Bonchev–Trinajstić information content (AvgIpc) is 3.30. The van der Waals surface area contributed by atoms with Gasteiger partial charge in [-0.25, -0.2) is 13.6 Å². The molecule has 3 N–H and O–H groups in total. The van der Waals surface area contributed by atoms with Gasteiger partial charge in [0, 0.05) is 47.8 Å². The first-order valence-electron chi connectivity index (χ1n) is 11.1. The van der Waals surface area contributed by atoms with Gasteiger partial charge in [0.05, 0.1) is 19.2 Å². The molecule has 0 saturated carbocycles. The van der Waals surface area contributed by atoms with Crippen LogP contribution in [0.15, 0.2) is 42.6 Å². The summed E-state index contributed by atoms with van der Waals surface area (Å²) in [7, 11) is 1.67. The van der Waals surface area contributed by atoms with Crippen molar-refractivity contribution in [3.8, 4) is 5.75 Å². The van der Waals surface area contributed by atoms with Crippen LogP contribution in [-0.4, -0.2) is 53.6 Å². The summed E-state index contributed by atoms with van der Waals surface area (Å²) in [5.74, 6) is -0.157. The maximum absolute atomic E-state index is 12.8. The Balaban J connectivity index is 1.66. The number of aromatic carboxylic acids is 1. The maximum atomic E-state index is 12.8. The van der Waals surface area contributed by atoms with Gasteiger partial charge in [-0.2, -0.15) is 0 Å². The Labute approximate surface area is 191 Å². The SMILES string of the molecule is COc1cc(C)c2[nH]ccc2c1CN1CCC(NCC(F)F)CC1c1ccc(C(=O)O)cc1. The third kappa shape index (κ3) is 5.02. The highest BCUT2D eigenvalue weighted by Crippen LogP contribution is 2.37. The average molecular weight is 458 g/mol. The standard InChI is InChI=1S/C25H29F2N3O3/c1-15-11-22(33-2)20(19-7-9-28-24(15)19)14-30-10-8-18(29-13-23(26)27)12-21(30)16-3-5-17(6-4-16)25(31)32/h3-7,9,11,18,21,23,28-29H,8,10,12-14H2,1-2H3,(H,31,32). The van der Waals surface area contributed by atoms with E-state index >= 15 is 0 Å². The highest BCUT2D eigenvalue weighted by atomic mass is 19.3. The minimum atomic E-state index is -2.39. The van der Waals surface area contributed by atoms with Gasteiger partial charge >= 0.3 is 5.97 Å². The summed E-state index contributed by atoms with van der Waals surface area (Å²) in [5.41, 5.74) is 4.45. The predicted octanol–water partition coefficient (Wildman–Crippen LogP) is 4.74. The second-order valence-electron chi connectivity index (χ2n) is 8.57. The first kappa shape index (κ1) is 23.2. The number of likely N-dealkylation sites (tertiary alicyclic amines) is 1. The number of rotatable bonds is 8. The number of nitrogens with zero attached hydrogens (tertiary/aromatic N) is 1. The minimum absolute atomic E-state index is 0.0356. The molecule has 1 aliphatic heterocycles. The van der Waals surface area contributed by atoms with Crippen molar-refractivity contribution in [1.29, 1.82) is 0 Å². The van der Waals surface area contributed by atoms with Crippen molar-refractivity contribution in [3.05, 3.63) is 64.8 Å². The lowest BCUT2D eigenvalue weighted by atomic mass is 9.90. The fraction of sp³-hybridized carbons (Fsp3) is 0.400. The molecule has 2 atom stereocenters. The first-order chi connectivity index (χ1) is 15.9. The van der Waals surface area contributed by atoms with E-state index in [1.54, 1.807) is 19.2 Å². The van der Waals surface area contributed by atoms with Gasteiger partial charge in [0.25, 0.3) is 6.43 Å². The Hall–Kier alpha value is -2.97. The van der Waals surface area contributed by atoms with Crippen molar-refractivity contribution in [2.45, 2.75) is 44.8 Å². The van der Waals surface area contributed by atoms with Crippen LogP contribution in [0.2, 0.25) is 0 Å². The number of nitrogens with one attached hydrogen (secondary N) is 2. The van der Waals surface area contributed by atoms with Gasteiger partial charge in [-0.05, 0) is 55.2 Å². The molecule has 3 aromatic rings. The second-order valence-corrected chi connectivity index (χ2v) is 8.57. The van der Waals surface area contributed by atoms with Crippen LogP contribution in [0.25, 0.3) is 10.9 Å². The van der Waals surface area contributed by atoms with Gasteiger partial charge in [-0.3, -0.25) is 4.90 Å². The van der Waals surface area contributed by atoms with Gasteiger partial charge in [0.15, 0.2) is 0 Å². The number of carboxylic acids is 1. The van der Waals surface area contributed by atoms with E-state index in [1.165, 1.54) is 0 Å². The van der Waals surface area contributed by atoms with E-state index in [4.69, 9.17) is 4.74 Å².